The third-order valence-corrected chi connectivity index (χ3v) is 8.73. The Labute approximate surface area is 202 Å². The second-order valence-corrected chi connectivity index (χ2v) is 11.2. The molecule has 8 nitrogen and oxygen atoms in total. The third-order valence-electron chi connectivity index (χ3n) is 7.45. The molecule has 9 heteroatoms. The van der Waals surface area contributed by atoms with Crippen molar-refractivity contribution in [1.29, 1.82) is 0 Å². The summed E-state index contributed by atoms with van der Waals surface area (Å²) in [5, 5.41) is 0.899. The molecule has 1 atom stereocenters. The Balaban J connectivity index is 1.24. The highest BCUT2D eigenvalue weighted by atomic mass is 32.2. The number of fused-ring (bicyclic) bond motifs is 1. The fourth-order valence-corrected chi connectivity index (χ4v) is 6.51. The van der Waals surface area contributed by atoms with Crippen LogP contribution >= 0.6 is 0 Å². The van der Waals surface area contributed by atoms with Crippen molar-refractivity contribution in [3.8, 4) is 16.9 Å². The molecule has 2 N–H and O–H groups in total. The van der Waals surface area contributed by atoms with Gasteiger partial charge in [-0.05, 0) is 43.4 Å². The topological polar surface area (TPSA) is 101 Å². The number of hydrogen-bond acceptors (Lipinski definition) is 7. The van der Waals surface area contributed by atoms with Crippen LogP contribution in [-0.2, 0) is 15.9 Å². The van der Waals surface area contributed by atoms with Crippen LogP contribution in [0.1, 0.15) is 31.7 Å². The molecular formula is C25H31N5O3S. The Morgan fingerprint density at radius 1 is 1.18 bits per heavy atom. The number of aromatic nitrogens is 3. The second-order valence-electron chi connectivity index (χ2n) is 9.54. The van der Waals surface area contributed by atoms with Crippen LogP contribution in [0.2, 0.25) is 0 Å². The quantitative estimate of drug-likeness (QED) is 0.540. The van der Waals surface area contributed by atoms with Gasteiger partial charge in [-0.2, -0.15) is 0 Å². The first-order valence-electron chi connectivity index (χ1n) is 12.2. The predicted octanol–water partition coefficient (Wildman–Crippen LogP) is 3.01. The second kappa shape index (κ2) is 9.37. The lowest BCUT2D eigenvalue weighted by atomic mass is 9.85. The third kappa shape index (κ3) is 4.26. The van der Waals surface area contributed by atoms with Gasteiger partial charge in [0.25, 0.3) is 0 Å². The van der Waals surface area contributed by atoms with Gasteiger partial charge in [0.15, 0.2) is 0 Å². The summed E-state index contributed by atoms with van der Waals surface area (Å²) in [6.45, 7) is 3.28. The molecule has 34 heavy (non-hydrogen) atoms. The normalized spacial score (nSPS) is 26.1. The molecule has 2 aliphatic heterocycles. The Morgan fingerprint density at radius 2 is 2.03 bits per heavy atom. The molecular weight excluding hydrogens is 450 g/mol. The molecule has 1 aromatic carbocycles. The number of hydrogen-bond donors (Lipinski definition) is 1. The minimum Gasteiger partial charge on any atom is -0.616 e. The summed E-state index contributed by atoms with van der Waals surface area (Å²) < 4.78 is 25.7. The first-order valence-corrected chi connectivity index (χ1v) is 13.7. The predicted molar refractivity (Wildman–Crippen MR) is 133 cm³/mol. The van der Waals surface area contributed by atoms with E-state index in [1.165, 1.54) is 0 Å². The maximum absolute atomic E-state index is 11.7. The summed E-state index contributed by atoms with van der Waals surface area (Å²) >= 11 is -0.639. The Bertz CT molecular complexity index is 1150. The van der Waals surface area contributed by atoms with Gasteiger partial charge in [-0.1, -0.05) is 23.3 Å². The lowest BCUT2D eigenvalue weighted by molar-refractivity contribution is 0.0680. The molecule has 180 valence electrons. The zero-order valence-electron chi connectivity index (χ0n) is 19.3. The fraction of sp³-hybridized carbons (Fsp3) is 0.520. The van der Waals surface area contributed by atoms with Gasteiger partial charge in [-0.3, -0.25) is 4.90 Å². The number of nitrogens with two attached hydrogens (primary N) is 1. The van der Waals surface area contributed by atoms with Gasteiger partial charge < -0.3 is 24.3 Å². The lowest BCUT2D eigenvalue weighted by Gasteiger charge is -2.44. The molecule has 6 rings (SSSR count). The van der Waals surface area contributed by atoms with Crippen molar-refractivity contribution in [3.05, 3.63) is 36.8 Å². The minimum absolute atomic E-state index is 0.182. The van der Waals surface area contributed by atoms with E-state index < -0.39 is 11.2 Å². The number of nitrogens with zero attached hydrogens (tertiary/aromatic N) is 4. The molecule has 3 aromatic rings. The Kier molecular flexibility index (Phi) is 6.11. The highest BCUT2D eigenvalue weighted by molar-refractivity contribution is 7.91. The van der Waals surface area contributed by atoms with E-state index in [2.05, 4.69) is 37.8 Å². The maximum atomic E-state index is 11.7. The lowest BCUT2D eigenvalue weighted by Crippen LogP contribution is -2.51. The molecule has 0 bridgehead atoms. The van der Waals surface area contributed by atoms with E-state index in [0.717, 1.165) is 84.8 Å². The Hall–Kier alpha value is -2.33. The van der Waals surface area contributed by atoms with Crippen molar-refractivity contribution in [2.24, 2.45) is 0 Å². The van der Waals surface area contributed by atoms with Crippen LogP contribution < -0.4 is 10.5 Å². The summed E-state index contributed by atoms with van der Waals surface area (Å²) in [6.07, 6.45) is 8.22. The number of ether oxygens (including phenoxy) is 2. The summed E-state index contributed by atoms with van der Waals surface area (Å²) in [7, 11) is 0. The van der Waals surface area contributed by atoms with E-state index in [4.69, 9.17) is 15.2 Å². The first kappa shape index (κ1) is 22.2. The van der Waals surface area contributed by atoms with E-state index in [1.807, 2.05) is 12.1 Å². The standard InChI is InChI=1S/C25H31N5O3S/c26-24-23-22(17-3-1-4-20(11-17)33-15-21-5-2-8-32-21)14-30(25(23)28-16-27-24)19-12-18(13-19)29-6-9-34(31)10-7-29/h1,3-4,11,14,16,18-19,21H,2,5-10,12-13,15H2,(H2,26,27,28)/t18-,19+,21-/m0/s1. The largest absolute Gasteiger partial charge is 0.616 e. The first-order chi connectivity index (χ1) is 16.7. The van der Waals surface area contributed by atoms with E-state index >= 15 is 0 Å². The number of rotatable bonds is 6. The van der Waals surface area contributed by atoms with Gasteiger partial charge >= 0.3 is 0 Å². The van der Waals surface area contributed by atoms with E-state index in [0.29, 0.717) is 24.5 Å². The Morgan fingerprint density at radius 3 is 2.82 bits per heavy atom. The van der Waals surface area contributed by atoms with Gasteiger partial charge in [0, 0.05) is 43.5 Å². The molecule has 0 spiro atoms. The highest BCUT2D eigenvalue weighted by Crippen LogP contribution is 2.42. The number of anilines is 1. The van der Waals surface area contributed by atoms with E-state index in [-0.39, 0.29) is 6.10 Å². The van der Waals surface area contributed by atoms with Crippen LogP contribution in [0.5, 0.6) is 5.75 Å². The molecule has 3 fully saturated rings. The molecule has 3 aliphatic rings. The van der Waals surface area contributed by atoms with Crippen molar-refractivity contribution in [3.63, 3.8) is 0 Å². The van der Waals surface area contributed by atoms with Gasteiger partial charge in [0.1, 0.15) is 41.7 Å². The van der Waals surface area contributed by atoms with Crippen molar-refractivity contribution < 1.29 is 14.0 Å². The van der Waals surface area contributed by atoms with Crippen LogP contribution in [-0.4, -0.2) is 73.9 Å². The van der Waals surface area contributed by atoms with Crippen LogP contribution in [0.3, 0.4) is 0 Å². The van der Waals surface area contributed by atoms with Gasteiger partial charge in [-0.25, -0.2) is 9.97 Å². The van der Waals surface area contributed by atoms with Gasteiger partial charge in [-0.15, -0.1) is 0 Å². The summed E-state index contributed by atoms with van der Waals surface area (Å²) in [6, 6.07) is 9.08. The van der Waals surface area contributed by atoms with Crippen LogP contribution in [0, 0.1) is 0 Å². The summed E-state index contributed by atoms with van der Waals surface area (Å²) in [4.78, 5) is 11.4. The minimum atomic E-state index is -0.639. The van der Waals surface area contributed by atoms with Crippen molar-refractivity contribution >= 4 is 28.0 Å². The zero-order chi connectivity index (χ0) is 23.1. The van der Waals surface area contributed by atoms with Crippen molar-refractivity contribution in [1.82, 2.24) is 19.4 Å². The van der Waals surface area contributed by atoms with Crippen molar-refractivity contribution in [2.45, 2.75) is 43.9 Å². The molecule has 0 unspecified atom stereocenters. The highest BCUT2D eigenvalue weighted by Gasteiger charge is 2.38. The monoisotopic (exact) mass is 481 g/mol. The molecule has 2 aromatic heterocycles. The average molecular weight is 482 g/mol. The van der Waals surface area contributed by atoms with E-state index in [9.17, 15) is 4.55 Å². The molecule has 1 saturated carbocycles. The molecule has 2 saturated heterocycles. The maximum Gasteiger partial charge on any atom is 0.146 e. The van der Waals surface area contributed by atoms with Crippen molar-refractivity contribution in [2.75, 3.05) is 43.5 Å². The van der Waals surface area contributed by atoms with Crippen LogP contribution in [0.15, 0.2) is 36.8 Å². The van der Waals surface area contributed by atoms with Crippen LogP contribution in [0.4, 0.5) is 5.82 Å². The molecule has 0 amide bonds. The molecule has 1 aliphatic carbocycles. The number of nitrogen functional groups attached to an aromatic ring is 1. The average Bonchev–Trinajstić information content (AvgIpc) is 3.47. The zero-order valence-corrected chi connectivity index (χ0v) is 20.1. The van der Waals surface area contributed by atoms with E-state index in [1.54, 1.807) is 6.33 Å². The smallest absolute Gasteiger partial charge is 0.146 e. The van der Waals surface area contributed by atoms with Gasteiger partial charge in [0.05, 0.1) is 11.5 Å². The summed E-state index contributed by atoms with van der Waals surface area (Å²) in [5.41, 5.74) is 9.32. The SMILES string of the molecule is Nc1ncnc2c1c(-c1cccc(OC[C@@H]3CCCO3)c1)cn2[C@H]1C[C@@H](N2CC[S+]([O-])CC2)C1. The number of benzene rings is 1. The summed E-state index contributed by atoms with van der Waals surface area (Å²) in [5.74, 6) is 2.92. The molecule has 0 radical (unpaired) electrons. The van der Waals surface area contributed by atoms with Gasteiger partial charge in [0.2, 0.25) is 0 Å². The molecule has 4 heterocycles. The fourth-order valence-electron chi connectivity index (χ4n) is 5.43. The van der Waals surface area contributed by atoms with Crippen LogP contribution in [0.25, 0.3) is 22.2 Å².